The van der Waals surface area contributed by atoms with Crippen LogP contribution in [0.3, 0.4) is 0 Å². The van der Waals surface area contributed by atoms with Crippen LogP contribution in [-0.4, -0.2) is 22.7 Å². The Hall–Kier alpha value is -1.19. The zero-order valence-corrected chi connectivity index (χ0v) is 14.3. The summed E-state index contributed by atoms with van der Waals surface area (Å²) in [5.41, 5.74) is 2.19. The summed E-state index contributed by atoms with van der Waals surface area (Å²) in [4.78, 5) is 9.62. The molecule has 2 aromatic carbocycles. The molecule has 2 rings (SSSR count). The van der Waals surface area contributed by atoms with Crippen molar-refractivity contribution in [2.75, 3.05) is 12.0 Å². The SMILES string of the molecule is CSCC[C@@H](NC(c1ccccc1)c1ccccc1)[P+](=O)O. The summed E-state index contributed by atoms with van der Waals surface area (Å²) < 4.78 is 11.7. The van der Waals surface area contributed by atoms with Crippen LogP contribution in [0.1, 0.15) is 23.6 Å². The van der Waals surface area contributed by atoms with Crippen LogP contribution >= 0.6 is 19.8 Å². The van der Waals surface area contributed by atoms with E-state index in [-0.39, 0.29) is 6.04 Å². The molecular formula is C17H21NO2PS+. The topological polar surface area (TPSA) is 49.3 Å². The van der Waals surface area contributed by atoms with Gasteiger partial charge in [-0.05, 0) is 27.7 Å². The van der Waals surface area contributed by atoms with Gasteiger partial charge in [-0.2, -0.15) is 16.7 Å². The van der Waals surface area contributed by atoms with Crippen molar-refractivity contribution in [2.24, 2.45) is 0 Å². The standard InChI is InChI=1S/C17H20NO2PS/c1-22-13-12-16(21(19)20)18-17(14-8-4-2-5-9-14)15-10-6-3-7-11-15/h2-11,16-18H,12-13H2,1H3/p+1/t16-/m0/s1. The monoisotopic (exact) mass is 334 g/mol. The molecule has 0 radical (unpaired) electrons. The fourth-order valence-corrected chi connectivity index (χ4v) is 3.63. The van der Waals surface area contributed by atoms with Gasteiger partial charge in [0.05, 0.1) is 6.04 Å². The molecule has 2 aromatic rings. The smallest absolute Gasteiger partial charge is 0.260 e. The molecule has 0 heterocycles. The fraction of sp³-hybridized carbons (Fsp3) is 0.294. The molecule has 0 saturated heterocycles. The Morgan fingerprint density at radius 2 is 1.55 bits per heavy atom. The summed E-state index contributed by atoms with van der Waals surface area (Å²) in [6.45, 7) is 0. The second-order valence-electron chi connectivity index (χ2n) is 5.02. The summed E-state index contributed by atoms with van der Waals surface area (Å²) in [6, 6.07) is 20.0. The Kier molecular flexibility index (Phi) is 7.07. The van der Waals surface area contributed by atoms with Crippen molar-refractivity contribution >= 4 is 19.8 Å². The Labute approximate surface area is 137 Å². The Morgan fingerprint density at radius 1 is 1.05 bits per heavy atom. The lowest BCUT2D eigenvalue weighted by Gasteiger charge is -2.21. The molecule has 3 nitrogen and oxygen atoms in total. The molecule has 2 N–H and O–H groups in total. The molecule has 1 unspecified atom stereocenters. The van der Waals surface area contributed by atoms with Crippen molar-refractivity contribution in [2.45, 2.75) is 18.2 Å². The average Bonchev–Trinajstić information content (AvgIpc) is 2.56. The third kappa shape index (κ3) is 4.92. The molecule has 22 heavy (non-hydrogen) atoms. The van der Waals surface area contributed by atoms with Crippen LogP contribution in [0.2, 0.25) is 0 Å². The van der Waals surface area contributed by atoms with Gasteiger partial charge in [0.2, 0.25) is 5.78 Å². The molecule has 0 aliphatic carbocycles. The van der Waals surface area contributed by atoms with Crippen LogP contribution in [-0.2, 0) is 4.57 Å². The minimum atomic E-state index is -2.26. The molecular weight excluding hydrogens is 313 g/mol. The maximum Gasteiger partial charge on any atom is 0.524 e. The lowest BCUT2D eigenvalue weighted by molar-refractivity contribution is 0.455. The number of thioether (sulfide) groups is 1. The molecule has 0 bridgehead atoms. The van der Waals surface area contributed by atoms with E-state index in [0.717, 1.165) is 16.9 Å². The van der Waals surface area contributed by atoms with Crippen molar-refractivity contribution in [1.82, 2.24) is 5.32 Å². The molecule has 2 atom stereocenters. The first kappa shape index (κ1) is 17.2. The molecule has 0 fully saturated rings. The number of hydrogen-bond acceptors (Lipinski definition) is 3. The summed E-state index contributed by atoms with van der Waals surface area (Å²) in [5, 5.41) is 3.37. The van der Waals surface area contributed by atoms with E-state index in [1.54, 1.807) is 11.8 Å². The van der Waals surface area contributed by atoms with Crippen molar-refractivity contribution in [3.8, 4) is 0 Å². The summed E-state index contributed by atoms with van der Waals surface area (Å²) in [5.74, 6) is 0.447. The summed E-state index contributed by atoms with van der Waals surface area (Å²) in [7, 11) is -2.26. The summed E-state index contributed by atoms with van der Waals surface area (Å²) >= 11 is 1.69. The van der Waals surface area contributed by atoms with Gasteiger partial charge in [-0.25, -0.2) is 0 Å². The average molecular weight is 334 g/mol. The second-order valence-corrected chi connectivity index (χ2v) is 7.23. The van der Waals surface area contributed by atoms with Gasteiger partial charge in [-0.3, -0.25) is 5.32 Å². The quantitative estimate of drug-likeness (QED) is 0.711. The fourth-order valence-electron chi connectivity index (χ4n) is 2.36. The highest BCUT2D eigenvalue weighted by Gasteiger charge is 2.31. The first-order chi connectivity index (χ1) is 10.7. The first-order valence-corrected chi connectivity index (χ1v) is 9.90. The van der Waals surface area contributed by atoms with Gasteiger partial charge in [0.25, 0.3) is 0 Å². The number of rotatable bonds is 8. The van der Waals surface area contributed by atoms with Crippen LogP contribution in [0.4, 0.5) is 0 Å². The zero-order chi connectivity index (χ0) is 15.8. The predicted molar refractivity (Wildman–Crippen MR) is 94.5 cm³/mol. The molecule has 0 aliphatic rings. The van der Waals surface area contributed by atoms with E-state index in [9.17, 15) is 9.46 Å². The Balaban J connectivity index is 2.26. The van der Waals surface area contributed by atoms with Gasteiger partial charge >= 0.3 is 8.03 Å². The largest absolute Gasteiger partial charge is 0.524 e. The van der Waals surface area contributed by atoms with Crippen LogP contribution in [0.5, 0.6) is 0 Å². The number of hydrogen-bond donors (Lipinski definition) is 2. The van der Waals surface area contributed by atoms with E-state index < -0.39 is 13.8 Å². The van der Waals surface area contributed by atoms with Gasteiger partial charge < -0.3 is 0 Å². The summed E-state index contributed by atoms with van der Waals surface area (Å²) in [6.07, 6.45) is 2.68. The molecule has 0 aliphatic heterocycles. The zero-order valence-electron chi connectivity index (χ0n) is 12.6. The van der Waals surface area contributed by atoms with Gasteiger partial charge in [0.15, 0.2) is 0 Å². The van der Waals surface area contributed by atoms with Gasteiger partial charge in [-0.15, -0.1) is 0 Å². The minimum absolute atomic E-state index is 0.0830. The molecule has 0 spiro atoms. The lowest BCUT2D eigenvalue weighted by Crippen LogP contribution is -2.31. The maximum atomic E-state index is 11.7. The predicted octanol–water partition coefficient (Wildman–Crippen LogP) is 4.18. The number of benzene rings is 2. The Morgan fingerprint density at radius 3 is 1.95 bits per heavy atom. The van der Waals surface area contributed by atoms with Gasteiger partial charge in [0, 0.05) is 6.42 Å². The van der Waals surface area contributed by atoms with E-state index in [4.69, 9.17) is 0 Å². The second kappa shape index (κ2) is 9.06. The van der Waals surface area contributed by atoms with Gasteiger partial charge in [0.1, 0.15) is 0 Å². The molecule has 0 amide bonds. The highest BCUT2D eigenvalue weighted by molar-refractivity contribution is 7.98. The van der Waals surface area contributed by atoms with E-state index in [1.165, 1.54) is 0 Å². The van der Waals surface area contributed by atoms with E-state index >= 15 is 0 Å². The normalized spacial score (nSPS) is 13.1. The van der Waals surface area contributed by atoms with Crippen LogP contribution in [0, 0.1) is 0 Å². The highest BCUT2D eigenvalue weighted by Crippen LogP contribution is 2.30. The first-order valence-electron chi connectivity index (χ1n) is 7.22. The molecule has 0 saturated carbocycles. The maximum absolute atomic E-state index is 11.7. The molecule has 5 heteroatoms. The van der Waals surface area contributed by atoms with Crippen LogP contribution < -0.4 is 5.32 Å². The van der Waals surface area contributed by atoms with Crippen molar-refractivity contribution in [1.29, 1.82) is 0 Å². The van der Waals surface area contributed by atoms with E-state index in [2.05, 4.69) is 5.32 Å². The van der Waals surface area contributed by atoms with E-state index in [0.29, 0.717) is 6.42 Å². The van der Waals surface area contributed by atoms with Crippen molar-refractivity contribution in [3.05, 3.63) is 71.8 Å². The molecule has 116 valence electrons. The minimum Gasteiger partial charge on any atom is -0.260 e. The third-order valence-electron chi connectivity index (χ3n) is 3.49. The highest BCUT2D eigenvalue weighted by atomic mass is 32.2. The van der Waals surface area contributed by atoms with Crippen LogP contribution in [0.25, 0.3) is 0 Å². The molecule has 0 aromatic heterocycles. The van der Waals surface area contributed by atoms with Gasteiger partial charge in [-0.1, -0.05) is 60.7 Å². The van der Waals surface area contributed by atoms with Crippen molar-refractivity contribution in [3.63, 3.8) is 0 Å². The van der Waals surface area contributed by atoms with Crippen molar-refractivity contribution < 1.29 is 9.46 Å². The third-order valence-corrected chi connectivity index (χ3v) is 5.07. The van der Waals surface area contributed by atoms with Crippen LogP contribution in [0.15, 0.2) is 60.7 Å². The number of nitrogens with one attached hydrogen (secondary N) is 1. The lowest BCUT2D eigenvalue weighted by atomic mass is 9.98. The Bertz CT molecular complexity index is 540. The van der Waals surface area contributed by atoms with E-state index in [1.807, 2.05) is 66.9 Å².